The summed E-state index contributed by atoms with van der Waals surface area (Å²) in [7, 11) is 0. The molecule has 1 saturated heterocycles. The molecule has 3 amide bonds. The van der Waals surface area contributed by atoms with Crippen LogP contribution in [0.2, 0.25) is 5.02 Å². The molecular formula is C14H14ClN3O6. The number of urea groups is 1. The largest absolute Gasteiger partial charge is 0.464 e. The number of ether oxygens (including phenoxy) is 1. The lowest BCUT2D eigenvalue weighted by Crippen LogP contribution is -2.56. The fourth-order valence-electron chi connectivity index (χ4n) is 2.39. The van der Waals surface area contributed by atoms with Crippen molar-refractivity contribution in [1.82, 2.24) is 10.6 Å². The van der Waals surface area contributed by atoms with Gasteiger partial charge in [-0.3, -0.25) is 20.2 Å². The minimum atomic E-state index is -2.07. The Balaban J connectivity index is 2.54. The number of nitrogens with zero attached hydrogens (tertiary/aromatic N) is 1. The number of rotatable bonds is 5. The molecule has 10 heteroatoms. The molecule has 0 spiro atoms. The highest BCUT2D eigenvalue weighted by Crippen LogP contribution is 2.31. The molecule has 1 unspecified atom stereocenters. The van der Waals surface area contributed by atoms with E-state index >= 15 is 0 Å². The van der Waals surface area contributed by atoms with Crippen LogP contribution in [0.25, 0.3) is 0 Å². The normalized spacial score (nSPS) is 19.6. The van der Waals surface area contributed by atoms with E-state index in [1.165, 1.54) is 19.1 Å². The van der Waals surface area contributed by atoms with Crippen molar-refractivity contribution in [3.8, 4) is 0 Å². The van der Waals surface area contributed by atoms with Crippen LogP contribution in [0.3, 0.4) is 0 Å². The van der Waals surface area contributed by atoms with Gasteiger partial charge in [0.15, 0.2) is 0 Å². The summed E-state index contributed by atoms with van der Waals surface area (Å²) in [5, 5.41) is 15.7. The molecule has 1 heterocycles. The predicted molar refractivity (Wildman–Crippen MR) is 82.6 cm³/mol. The van der Waals surface area contributed by atoms with Crippen LogP contribution in [0.15, 0.2) is 12.1 Å². The molecule has 1 aromatic carbocycles. The number of benzene rings is 1. The van der Waals surface area contributed by atoms with Crippen LogP contribution in [0, 0.1) is 17.0 Å². The molecular weight excluding hydrogens is 342 g/mol. The van der Waals surface area contributed by atoms with E-state index in [4.69, 9.17) is 16.3 Å². The number of amides is 3. The third-order valence-electron chi connectivity index (χ3n) is 3.58. The number of carbonyl (C=O) groups excluding carboxylic acids is 3. The number of nitro benzene ring substituents is 1. The molecule has 0 aromatic heterocycles. The molecule has 1 atom stereocenters. The maximum atomic E-state index is 12.3. The van der Waals surface area contributed by atoms with E-state index in [2.05, 4.69) is 5.32 Å². The number of nitro groups is 1. The van der Waals surface area contributed by atoms with Gasteiger partial charge in [-0.1, -0.05) is 11.6 Å². The molecule has 1 aliphatic rings. The van der Waals surface area contributed by atoms with E-state index in [0.717, 1.165) is 0 Å². The zero-order valence-electron chi connectivity index (χ0n) is 12.8. The number of esters is 1. The van der Waals surface area contributed by atoms with E-state index in [0.29, 0.717) is 5.56 Å². The summed E-state index contributed by atoms with van der Waals surface area (Å²) in [4.78, 5) is 46.5. The molecule has 1 aliphatic heterocycles. The van der Waals surface area contributed by atoms with Crippen molar-refractivity contribution in [2.24, 2.45) is 0 Å². The molecule has 9 nitrogen and oxygen atoms in total. The number of hydrogen-bond acceptors (Lipinski definition) is 6. The van der Waals surface area contributed by atoms with Gasteiger partial charge in [-0.05, 0) is 25.5 Å². The summed E-state index contributed by atoms with van der Waals surface area (Å²) in [6.45, 7) is 3.09. The summed E-state index contributed by atoms with van der Waals surface area (Å²) >= 11 is 6.00. The first-order chi connectivity index (χ1) is 11.2. The Morgan fingerprint density at radius 1 is 1.42 bits per heavy atom. The van der Waals surface area contributed by atoms with Crippen LogP contribution < -0.4 is 10.6 Å². The van der Waals surface area contributed by atoms with Gasteiger partial charge >= 0.3 is 12.0 Å². The van der Waals surface area contributed by atoms with Gasteiger partial charge in [0.05, 0.1) is 11.5 Å². The van der Waals surface area contributed by atoms with Crippen LogP contribution in [0.1, 0.15) is 18.1 Å². The first-order valence-electron chi connectivity index (χ1n) is 6.95. The highest BCUT2D eigenvalue weighted by molar-refractivity contribution is 6.31. The molecule has 1 fully saturated rings. The molecule has 0 saturated carbocycles. The number of hydrogen-bond donors (Lipinski definition) is 2. The minimum absolute atomic E-state index is 0.0273. The Kier molecular flexibility index (Phi) is 4.74. The standard InChI is InChI=1S/C14H14ClN3O6/c1-3-24-12(20)14(11(19)16-13(21)17-14)6-8-5-9(15)7(2)4-10(8)18(22)23/h4-5H,3,6H2,1-2H3,(H2,16,17,19,21). The fourth-order valence-corrected chi connectivity index (χ4v) is 2.58. The number of aryl methyl sites for hydroxylation is 1. The number of halogens is 1. The van der Waals surface area contributed by atoms with Crippen molar-refractivity contribution < 1.29 is 24.0 Å². The Morgan fingerprint density at radius 2 is 2.08 bits per heavy atom. The zero-order valence-corrected chi connectivity index (χ0v) is 13.6. The second kappa shape index (κ2) is 6.44. The second-order valence-electron chi connectivity index (χ2n) is 5.20. The summed E-state index contributed by atoms with van der Waals surface area (Å²) in [6, 6.07) is 1.66. The van der Waals surface area contributed by atoms with Crippen molar-refractivity contribution in [2.75, 3.05) is 6.61 Å². The highest BCUT2D eigenvalue weighted by atomic mass is 35.5. The molecule has 2 N–H and O–H groups in total. The maximum absolute atomic E-state index is 12.3. The molecule has 0 bridgehead atoms. The molecule has 128 valence electrons. The Hall–Kier alpha value is -2.68. The first-order valence-corrected chi connectivity index (χ1v) is 7.33. The van der Waals surface area contributed by atoms with Crippen molar-refractivity contribution in [3.63, 3.8) is 0 Å². The predicted octanol–water partition coefficient (Wildman–Crippen LogP) is 1.24. The van der Waals surface area contributed by atoms with Crippen molar-refractivity contribution >= 4 is 35.2 Å². The van der Waals surface area contributed by atoms with Gasteiger partial charge < -0.3 is 10.1 Å². The van der Waals surface area contributed by atoms with Gasteiger partial charge in [0.1, 0.15) is 0 Å². The molecule has 1 aromatic rings. The van der Waals surface area contributed by atoms with Crippen molar-refractivity contribution in [3.05, 3.63) is 38.4 Å². The number of carbonyl (C=O) groups is 3. The summed E-state index contributed by atoms with van der Waals surface area (Å²) in [5.74, 6) is -1.93. The van der Waals surface area contributed by atoms with E-state index in [-0.39, 0.29) is 22.9 Å². The third kappa shape index (κ3) is 3.02. The lowest BCUT2D eigenvalue weighted by molar-refractivity contribution is -0.385. The SMILES string of the molecule is CCOC(=O)C1(Cc2cc(Cl)c(C)cc2[N+](=O)[O-])NC(=O)NC1=O. The molecule has 2 rings (SSSR count). The van der Waals surface area contributed by atoms with Crippen LogP contribution in [-0.2, 0) is 20.7 Å². The monoisotopic (exact) mass is 355 g/mol. The van der Waals surface area contributed by atoms with Gasteiger partial charge in [-0.2, -0.15) is 0 Å². The lowest BCUT2D eigenvalue weighted by Gasteiger charge is -2.23. The third-order valence-corrected chi connectivity index (χ3v) is 3.98. The summed E-state index contributed by atoms with van der Waals surface area (Å²) in [6.07, 6.45) is -0.459. The number of imide groups is 1. The van der Waals surface area contributed by atoms with Crippen LogP contribution in [0.5, 0.6) is 0 Å². The average molecular weight is 356 g/mol. The van der Waals surface area contributed by atoms with Crippen LogP contribution in [-0.4, -0.2) is 35.0 Å². The van der Waals surface area contributed by atoms with Gasteiger partial charge in [0.25, 0.3) is 11.6 Å². The summed E-state index contributed by atoms with van der Waals surface area (Å²) < 4.78 is 4.86. The zero-order chi connectivity index (χ0) is 18.1. The van der Waals surface area contributed by atoms with Crippen LogP contribution >= 0.6 is 11.6 Å². The minimum Gasteiger partial charge on any atom is -0.464 e. The Morgan fingerprint density at radius 3 is 2.58 bits per heavy atom. The fraction of sp³-hybridized carbons (Fsp3) is 0.357. The van der Waals surface area contributed by atoms with E-state index in [1.807, 2.05) is 5.32 Å². The molecule has 0 radical (unpaired) electrons. The van der Waals surface area contributed by atoms with Crippen molar-refractivity contribution in [2.45, 2.75) is 25.8 Å². The van der Waals surface area contributed by atoms with Gasteiger partial charge in [-0.15, -0.1) is 0 Å². The van der Waals surface area contributed by atoms with E-state index in [9.17, 15) is 24.5 Å². The summed E-state index contributed by atoms with van der Waals surface area (Å²) in [5.41, 5.74) is -1.89. The topological polar surface area (TPSA) is 128 Å². The Bertz CT molecular complexity index is 750. The second-order valence-corrected chi connectivity index (χ2v) is 5.61. The van der Waals surface area contributed by atoms with Gasteiger partial charge in [-0.25, -0.2) is 9.59 Å². The van der Waals surface area contributed by atoms with Gasteiger partial charge in [0.2, 0.25) is 5.54 Å². The lowest BCUT2D eigenvalue weighted by atomic mass is 9.89. The molecule has 24 heavy (non-hydrogen) atoms. The maximum Gasteiger partial charge on any atom is 0.342 e. The van der Waals surface area contributed by atoms with E-state index < -0.39 is 34.8 Å². The average Bonchev–Trinajstić information content (AvgIpc) is 2.77. The van der Waals surface area contributed by atoms with E-state index in [1.54, 1.807) is 6.92 Å². The number of nitrogens with one attached hydrogen (secondary N) is 2. The quantitative estimate of drug-likeness (QED) is 0.269. The Labute approximate surface area is 141 Å². The highest BCUT2D eigenvalue weighted by Gasteiger charge is 2.54. The first kappa shape index (κ1) is 17.7. The smallest absolute Gasteiger partial charge is 0.342 e. The van der Waals surface area contributed by atoms with Gasteiger partial charge in [0, 0.05) is 23.1 Å². The van der Waals surface area contributed by atoms with Crippen molar-refractivity contribution in [1.29, 1.82) is 0 Å². The molecule has 0 aliphatic carbocycles. The van der Waals surface area contributed by atoms with Crippen LogP contribution in [0.4, 0.5) is 10.5 Å².